The fourth-order valence-electron chi connectivity index (χ4n) is 12.1. The van der Waals surface area contributed by atoms with Crippen LogP contribution in [0.15, 0.2) is 164 Å². The Labute approximate surface area is 316 Å². The molecular weight excluding hydrogens is 705 g/mol. The summed E-state index contributed by atoms with van der Waals surface area (Å²) in [5.41, 5.74) is 5.84. The van der Waals surface area contributed by atoms with E-state index in [1.807, 2.05) is 36.4 Å². The summed E-state index contributed by atoms with van der Waals surface area (Å²) in [7, 11) is 0. The molecule has 0 spiro atoms. The Hall–Kier alpha value is -7.06. The minimum Gasteiger partial charge on any atom is -0.290 e. The van der Waals surface area contributed by atoms with E-state index in [-0.39, 0.29) is 66.9 Å². The summed E-state index contributed by atoms with van der Waals surface area (Å²) in [5, 5.41) is 0. The monoisotopic (exact) mass is 726 g/mol. The van der Waals surface area contributed by atoms with Gasteiger partial charge in [-0.25, -0.2) is 0 Å². The Kier molecular flexibility index (Phi) is 5.19. The van der Waals surface area contributed by atoms with E-state index in [2.05, 4.69) is 0 Å². The molecule has 0 saturated carbocycles. The number of carbonyl (C=O) groups is 8. The van der Waals surface area contributed by atoms with Gasteiger partial charge >= 0.3 is 0 Å². The van der Waals surface area contributed by atoms with Gasteiger partial charge in [-0.15, -0.1) is 0 Å². The van der Waals surface area contributed by atoms with E-state index in [4.69, 9.17) is 0 Å². The normalized spacial score (nSPS) is 29.5. The molecular formula is C48H22O8. The van der Waals surface area contributed by atoms with Gasteiger partial charge in [-0.2, -0.15) is 0 Å². The lowest BCUT2D eigenvalue weighted by Gasteiger charge is -2.52. The van der Waals surface area contributed by atoms with Crippen LogP contribution in [0.25, 0.3) is 0 Å². The average Bonchev–Trinajstić information content (AvgIpc) is 3.23. The van der Waals surface area contributed by atoms with Gasteiger partial charge in [0, 0.05) is 102 Å². The molecule has 0 radical (unpaired) electrons. The fourth-order valence-corrected chi connectivity index (χ4v) is 12.1. The largest absolute Gasteiger partial charge is 0.290 e. The number of ketones is 8. The van der Waals surface area contributed by atoms with Gasteiger partial charge in [-0.05, 0) is 57.7 Å². The minimum atomic E-state index is -1.09. The summed E-state index contributed by atoms with van der Waals surface area (Å²) < 4.78 is 0. The van der Waals surface area contributed by atoms with Crippen molar-refractivity contribution in [1.29, 1.82) is 0 Å². The molecule has 0 N–H and O–H groups in total. The Morgan fingerprint density at radius 3 is 0.571 bits per heavy atom. The summed E-state index contributed by atoms with van der Waals surface area (Å²) in [6.45, 7) is 0. The molecule has 56 heavy (non-hydrogen) atoms. The highest BCUT2D eigenvalue weighted by Crippen LogP contribution is 2.68. The lowest BCUT2D eigenvalue weighted by atomic mass is 9.47. The molecule has 16 rings (SSSR count). The third-order valence-electron chi connectivity index (χ3n) is 13.9. The van der Waals surface area contributed by atoms with Crippen molar-refractivity contribution in [1.82, 2.24) is 0 Å². The summed E-state index contributed by atoms with van der Waals surface area (Å²) in [6, 6.07) is 21.7. The van der Waals surface area contributed by atoms with Crippen LogP contribution in [0, 0.1) is 0 Å². The van der Waals surface area contributed by atoms with Crippen molar-refractivity contribution in [3.63, 3.8) is 0 Å². The van der Waals surface area contributed by atoms with Crippen LogP contribution in [0.3, 0.4) is 0 Å². The van der Waals surface area contributed by atoms with Gasteiger partial charge in [0.15, 0.2) is 46.3 Å². The molecule has 6 atom stereocenters. The van der Waals surface area contributed by atoms with Crippen LogP contribution in [-0.4, -0.2) is 46.3 Å². The van der Waals surface area contributed by atoms with Crippen molar-refractivity contribution >= 4 is 46.3 Å². The van der Waals surface area contributed by atoms with E-state index < -0.39 is 81.8 Å². The zero-order chi connectivity index (χ0) is 37.8. The van der Waals surface area contributed by atoms with Crippen LogP contribution in [0.5, 0.6) is 0 Å². The first-order valence-corrected chi connectivity index (χ1v) is 18.6. The number of Topliss-reactive ketones (excluding diaryl/α,β-unsaturated/α-hetero) is 4. The van der Waals surface area contributed by atoms with Gasteiger partial charge in [0.25, 0.3) is 0 Å². The lowest BCUT2D eigenvalue weighted by molar-refractivity contribution is -0.120. The number of benzene rings is 3. The maximum Gasteiger partial charge on any atom is 0.187 e. The molecule has 8 heteroatoms. The highest BCUT2D eigenvalue weighted by Gasteiger charge is 2.63. The van der Waals surface area contributed by atoms with Gasteiger partial charge < -0.3 is 0 Å². The molecule has 262 valence electrons. The van der Waals surface area contributed by atoms with Gasteiger partial charge in [0.05, 0.1) is 0 Å². The molecule has 8 nitrogen and oxygen atoms in total. The van der Waals surface area contributed by atoms with Gasteiger partial charge in [-0.1, -0.05) is 72.8 Å². The first-order chi connectivity index (χ1) is 27.2. The van der Waals surface area contributed by atoms with Gasteiger partial charge in [0.2, 0.25) is 0 Å². The van der Waals surface area contributed by atoms with E-state index in [1.54, 1.807) is 36.4 Å². The molecule has 13 aliphatic carbocycles. The lowest BCUT2D eigenvalue weighted by Crippen LogP contribution is -2.49. The van der Waals surface area contributed by atoms with Crippen LogP contribution in [0.4, 0.5) is 0 Å². The smallest absolute Gasteiger partial charge is 0.187 e. The molecule has 3 aromatic carbocycles. The fraction of sp³-hybridized carbons (Fsp3) is 0.125. The van der Waals surface area contributed by atoms with E-state index in [9.17, 15) is 19.2 Å². The second kappa shape index (κ2) is 9.59. The Balaban J connectivity index is 1.04. The number of allylic oxidation sites excluding steroid dienone is 16. The summed E-state index contributed by atoms with van der Waals surface area (Å²) >= 11 is 0. The Bertz CT molecular complexity index is 2710. The van der Waals surface area contributed by atoms with Crippen LogP contribution < -0.4 is 0 Å². The Morgan fingerprint density at radius 2 is 0.393 bits per heavy atom. The minimum absolute atomic E-state index is 0.117. The Morgan fingerprint density at radius 1 is 0.232 bits per heavy atom. The first kappa shape index (κ1) is 30.3. The SMILES string of the molecule is O=C1C=CC(=O)C2=C1C1C3=C(C(=O)C4=C(C3=O)C3C5=C(C(=O)C6=C(C5=O)C5C7=C(C(=O)C=CC7=O)[C@@H]6c6ccccc65)C4c4ccccc43)[C@@H]2c2ccccc21. The molecule has 0 fully saturated rings. The standard InChI is InChI=1S/C48H22O8/c49-23-13-14-24(50)34-28-18-8-2-1-7-17(18)27(33(23)34)37-38(28)46(54)42-32-22-12-6-5-11-21(22)31(41(42)45(37)53)43-44(32)48(56)40-30-20-10-4-3-9-19(20)29(39(40)47(43)55)35-25(51)15-16-26(52)36(30)35/h1-16,27-32H/t27-,28?,29+,30?,31?,32?. The molecule has 13 aliphatic rings. The predicted octanol–water partition coefficient (Wildman–Crippen LogP) is 5.17. The summed E-state index contributed by atoms with van der Waals surface area (Å²) in [5.74, 6) is -9.50. The zero-order valence-corrected chi connectivity index (χ0v) is 29.0. The second-order valence-corrected chi connectivity index (χ2v) is 15.9. The second-order valence-electron chi connectivity index (χ2n) is 15.9. The van der Waals surface area contributed by atoms with E-state index in [0.29, 0.717) is 33.4 Å². The average molecular weight is 727 g/mol. The summed E-state index contributed by atoms with van der Waals surface area (Å²) in [4.78, 5) is 116. The third-order valence-corrected chi connectivity index (χ3v) is 13.9. The maximum atomic E-state index is 15.5. The number of carbonyl (C=O) groups excluding carboxylic acids is 8. The van der Waals surface area contributed by atoms with E-state index in [0.717, 1.165) is 0 Å². The van der Waals surface area contributed by atoms with E-state index >= 15 is 19.2 Å². The van der Waals surface area contributed by atoms with Gasteiger partial charge in [-0.3, -0.25) is 38.4 Å². The first-order valence-electron chi connectivity index (χ1n) is 18.6. The topological polar surface area (TPSA) is 137 Å². The quantitative estimate of drug-likeness (QED) is 0.290. The van der Waals surface area contributed by atoms with Crippen molar-refractivity contribution in [2.45, 2.75) is 35.5 Å². The maximum absolute atomic E-state index is 15.5. The van der Waals surface area contributed by atoms with Crippen LogP contribution in [0.1, 0.15) is 68.9 Å². The van der Waals surface area contributed by atoms with Crippen molar-refractivity contribution in [2.75, 3.05) is 0 Å². The number of hydrogen-bond donors (Lipinski definition) is 0. The van der Waals surface area contributed by atoms with Crippen LogP contribution >= 0.6 is 0 Å². The molecule has 0 aliphatic heterocycles. The molecule has 0 saturated heterocycles. The zero-order valence-electron chi connectivity index (χ0n) is 29.0. The molecule has 0 heterocycles. The van der Waals surface area contributed by atoms with Crippen molar-refractivity contribution in [2.24, 2.45) is 0 Å². The number of hydrogen-bond acceptors (Lipinski definition) is 8. The van der Waals surface area contributed by atoms with Crippen LogP contribution in [-0.2, 0) is 38.4 Å². The molecule has 6 bridgehead atoms. The van der Waals surface area contributed by atoms with Crippen molar-refractivity contribution in [3.05, 3.63) is 197 Å². The highest BCUT2D eigenvalue weighted by atomic mass is 16.2. The molecule has 0 aromatic heterocycles. The summed E-state index contributed by atoms with van der Waals surface area (Å²) in [6.07, 6.45) is 4.87. The van der Waals surface area contributed by atoms with Crippen molar-refractivity contribution in [3.8, 4) is 0 Å². The molecule has 3 aromatic rings. The van der Waals surface area contributed by atoms with Gasteiger partial charge in [0.1, 0.15) is 0 Å². The van der Waals surface area contributed by atoms with E-state index in [1.165, 1.54) is 24.3 Å². The predicted molar refractivity (Wildman–Crippen MR) is 196 cm³/mol. The molecule has 4 unspecified atom stereocenters. The highest BCUT2D eigenvalue weighted by molar-refractivity contribution is 6.38. The number of rotatable bonds is 0. The molecule has 0 amide bonds. The van der Waals surface area contributed by atoms with Crippen LogP contribution in [0.2, 0.25) is 0 Å². The third kappa shape index (κ3) is 3.06. The van der Waals surface area contributed by atoms with Crippen molar-refractivity contribution < 1.29 is 38.4 Å².